The van der Waals surface area contributed by atoms with Crippen molar-refractivity contribution >= 4 is 29.2 Å². The Balaban J connectivity index is 2.45. The lowest BCUT2D eigenvalue weighted by molar-refractivity contribution is 0.0520. The van der Waals surface area contributed by atoms with E-state index in [2.05, 4.69) is 4.98 Å². The number of nitrogens with zero attached hydrogens (tertiary/aromatic N) is 1. The molecule has 2 rings (SSSR count). The summed E-state index contributed by atoms with van der Waals surface area (Å²) < 4.78 is 10.1. The lowest BCUT2D eigenvalue weighted by Crippen LogP contribution is -2.06. The fourth-order valence-electron chi connectivity index (χ4n) is 1.46. The summed E-state index contributed by atoms with van der Waals surface area (Å²) in [5, 5.41) is 0.880. The van der Waals surface area contributed by atoms with E-state index in [4.69, 9.17) is 32.4 Å². The van der Waals surface area contributed by atoms with E-state index in [0.29, 0.717) is 15.6 Å². The van der Waals surface area contributed by atoms with Gasteiger partial charge in [0.2, 0.25) is 0 Å². The smallest absolute Gasteiger partial charge is 0.360 e. The molecule has 0 N–H and O–H groups in total. The van der Waals surface area contributed by atoms with Crippen LogP contribution in [0, 0.1) is 0 Å². The van der Waals surface area contributed by atoms with Gasteiger partial charge in [0.05, 0.1) is 11.6 Å². The number of hydrogen-bond acceptors (Lipinski definition) is 4. The number of ether oxygens (including phenoxy) is 1. The number of hydrogen-bond donors (Lipinski definition) is 0. The molecule has 1 aromatic heterocycles. The molecule has 4 nitrogen and oxygen atoms in total. The summed E-state index contributed by atoms with van der Waals surface area (Å²) in [7, 11) is 0. The number of esters is 1. The van der Waals surface area contributed by atoms with Crippen LogP contribution in [0.15, 0.2) is 29.0 Å². The van der Waals surface area contributed by atoms with Crippen molar-refractivity contribution in [1.29, 1.82) is 0 Å². The van der Waals surface area contributed by atoms with E-state index in [9.17, 15) is 4.79 Å². The highest BCUT2D eigenvalue weighted by atomic mass is 35.5. The van der Waals surface area contributed by atoms with E-state index >= 15 is 0 Å². The van der Waals surface area contributed by atoms with Crippen molar-refractivity contribution < 1.29 is 13.9 Å². The van der Waals surface area contributed by atoms with Crippen molar-refractivity contribution in [1.82, 2.24) is 4.98 Å². The van der Waals surface area contributed by atoms with Crippen molar-refractivity contribution in [2.24, 2.45) is 0 Å². The Morgan fingerprint density at radius 1 is 1.44 bits per heavy atom. The third-order valence-corrected chi connectivity index (χ3v) is 2.76. The summed E-state index contributed by atoms with van der Waals surface area (Å²) in [5.74, 6) is -0.276. The Morgan fingerprint density at radius 3 is 2.89 bits per heavy atom. The molecule has 0 unspecified atom stereocenters. The normalized spacial score (nSPS) is 10.4. The van der Waals surface area contributed by atoms with Crippen LogP contribution in [-0.2, 0) is 4.74 Å². The summed E-state index contributed by atoms with van der Waals surface area (Å²) in [6, 6.07) is 4.88. The Hall–Kier alpha value is -1.52. The number of benzene rings is 1. The largest absolute Gasteiger partial charge is 0.461 e. The fraction of sp³-hybridized carbons (Fsp3) is 0.167. The maximum Gasteiger partial charge on any atom is 0.360 e. The highest BCUT2D eigenvalue weighted by Gasteiger charge is 2.21. The highest BCUT2D eigenvalue weighted by molar-refractivity contribution is 6.36. The molecule has 0 bridgehead atoms. The molecule has 6 heteroatoms. The van der Waals surface area contributed by atoms with Crippen LogP contribution in [0.3, 0.4) is 0 Å². The van der Waals surface area contributed by atoms with E-state index < -0.39 is 5.97 Å². The summed E-state index contributed by atoms with van der Waals surface area (Å²) in [6.07, 6.45) is 1.17. The minimum Gasteiger partial charge on any atom is -0.461 e. The molecular formula is C12H9Cl2NO3. The molecule has 0 amide bonds. The van der Waals surface area contributed by atoms with E-state index in [1.807, 2.05) is 0 Å². The summed E-state index contributed by atoms with van der Waals surface area (Å²) in [6.45, 7) is 1.98. The zero-order valence-electron chi connectivity index (χ0n) is 9.44. The highest BCUT2D eigenvalue weighted by Crippen LogP contribution is 2.32. The van der Waals surface area contributed by atoms with Crippen molar-refractivity contribution in [3.05, 3.63) is 40.3 Å². The van der Waals surface area contributed by atoms with Crippen molar-refractivity contribution in [2.75, 3.05) is 6.61 Å². The topological polar surface area (TPSA) is 52.3 Å². The number of oxazole rings is 1. The maximum absolute atomic E-state index is 11.7. The predicted molar refractivity (Wildman–Crippen MR) is 67.9 cm³/mol. The Kier molecular flexibility index (Phi) is 3.89. The Labute approximate surface area is 113 Å². The van der Waals surface area contributed by atoms with Gasteiger partial charge in [-0.15, -0.1) is 0 Å². The molecule has 0 radical (unpaired) electrons. The van der Waals surface area contributed by atoms with Crippen LogP contribution in [0.1, 0.15) is 17.4 Å². The van der Waals surface area contributed by atoms with Crippen LogP contribution >= 0.6 is 23.2 Å². The second kappa shape index (κ2) is 5.42. The standard InChI is InChI=1S/C12H9Cl2NO3/c1-2-17-12(16)10-11(18-6-15-10)8-4-3-7(13)5-9(8)14/h3-6H,2H2,1H3. The van der Waals surface area contributed by atoms with Gasteiger partial charge in [-0.25, -0.2) is 9.78 Å². The van der Waals surface area contributed by atoms with Crippen LogP contribution in [0.2, 0.25) is 10.0 Å². The van der Waals surface area contributed by atoms with Crippen LogP contribution < -0.4 is 0 Å². The molecule has 0 aliphatic heterocycles. The molecule has 0 fully saturated rings. The molecular weight excluding hydrogens is 277 g/mol. The molecule has 2 aromatic rings. The van der Waals surface area contributed by atoms with Gasteiger partial charge in [-0.05, 0) is 25.1 Å². The molecule has 0 aliphatic carbocycles. The number of carbonyl (C=O) groups is 1. The van der Waals surface area contributed by atoms with Gasteiger partial charge in [0.1, 0.15) is 0 Å². The third-order valence-electron chi connectivity index (χ3n) is 2.21. The number of aromatic nitrogens is 1. The quantitative estimate of drug-likeness (QED) is 0.805. The average molecular weight is 286 g/mol. The SMILES string of the molecule is CCOC(=O)c1ncoc1-c1ccc(Cl)cc1Cl. The maximum atomic E-state index is 11.7. The first-order chi connectivity index (χ1) is 8.63. The molecule has 94 valence electrons. The van der Waals surface area contributed by atoms with Crippen molar-refractivity contribution in [2.45, 2.75) is 6.92 Å². The molecule has 1 aromatic carbocycles. The van der Waals surface area contributed by atoms with Gasteiger partial charge >= 0.3 is 5.97 Å². The lowest BCUT2D eigenvalue weighted by atomic mass is 10.1. The number of rotatable bonds is 3. The fourth-order valence-corrected chi connectivity index (χ4v) is 1.95. The molecule has 0 aliphatic rings. The van der Waals surface area contributed by atoms with Crippen molar-refractivity contribution in [3.8, 4) is 11.3 Å². The summed E-state index contributed by atoms with van der Waals surface area (Å²) in [4.78, 5) is 15.5. The average Bonchev–Trinajstić information content (AvgIpc) is 2.78. The van der Waals surface area contributed by atoms with Gasteiger partial charge in [0.15, 0.2) is 17.8 Å². The number of halogens is 2. The number of carbonyl (C=O) groups excluding carboxylic acids is 1. The molecule has 0 saturated carbocycles. The van der Waals surface area contributed by atoms with Gasteiger partial charge < -0.3 is 9.15 Å². The van der Waals surface area contributed by atoms with Crippen LogP contribution in [-0.4, -0.2) is 17.6 Å². The van der Waals surface area contributed by atoms with Gasteiger partial charge in [-0.1, -0.05) is 23.2 Å². The van der Waals surface area contributed by atoms with Crippen LogP contribution in [0.5, 0.6) is 0 Å². The Bertz CT molecular complexity index is 580. The zero-order valence-corrected chi connectivity index (χ0v) is 11.0. The second-order valence-corrected chi connectivity index (χ2v) is 4.22. The molecule has 0 spiro atoms. The first-order valence-corrected chi connectivity index (χ1v) is 5.95. The van der Waals surface area contributed by atoms with E-state index in [1.54, 1.807) is 25.1 Å². The first kappa shape index (κ1) is 12.9. The zero-order chi connectivity index (χ0) is 13.1. The molecule has 1 heterocycles. The van der Waals surface area contributed by atoms with Crippen molar-refractivity contribution in [3.63, 3.8) is 0 Å². The molecule has 18 heavy (non-hydrogen) atoms. The molecule has 0 saturated heterocycles. The van der Waals surface area contributed by atoms with E-state index in [1.165, 1.54) is 6.39 Å². The summed E-state index contributed by atoms with van der Waals surface area (Å²) in [5.41, 5.74) is 0.641. The van der Waals surface area contributed by atoms with Gasteiger partial charge in [-0.3, -0.25) is 0 Å². The van der Waals surface area contributed by atoms with Gasteiger partial charge in [-0.2, -0.15) is 0 Å². The van der Waals surface area contributed by atoms with E-state index in [0.717, 1.165) is 0 Å². The molecule has 0 atom stereocenters. The second-order valence-electron chi connectivity index (χ2n) is 3.37. The third kappa shape index (κ3) is 2.49. The minimum atomic E-state index is -0.549. The summed E-state index contributed by atoms with van der Waals surface area (Å²) >= 11 is 11.9. The Morgan fingerprint density at radius 2 is 2.22 bits per heavy atom. The van der Waals surface area contributed by atoms with E-state index in [-0.39, 0.29) is 18.1 Å². The van der Waals surface area contributed by atoms with Crippen LogP contribution in [0.4, 0.5) is 0 Å². The monoisotopic (exact) mass is 285 g/mol. The van der Waals surface area contributed by atoms with Crippen LogP contribution in [0.25, 0.3) is 11.3 Å². The van der Waals surface area contributed by atoms with Gasteiger partial charge in [0.25, 0.3) is 0 Å². The lowest BCUT2D eigenvalue weighted by Gasteiger charge is -2.03. The minimum absolute atomic E-state index is 0.0982. The predicted octanol–water partition coefficient (Wildman–Crippen LogP) is 3.83. The first-order valence-electron chi connectivity index (χ1n) is 5.19. The van der Waals surface area contributed by atoms with Gasteiger partial charge in [0, 0.05) is 10.6 Å².